The van der Waals surface area contributed by atoms with E-state index in [1.54, 1.807) is 18.7 Å². The normalized spacial score (nSPS) is 12.0. The lowest BCUT2D eigenvalue weighted by Gasteiger charge is -2.14. The largest absolute Gasteiger partial charge is 0.319 e. The minimum absolute atomic E-state index is 0.0270. The average Bonchev–Trinajstić information content (AvgIpc) is 2.90. The second kappa shape index (κ2) is 8.46. The highest BCUT2D eigenvalue weighted by Crippen LogP contribution is 2.16. The minimum Gasteiger partial charge on any atom is -0.319 e. The van der Waals surface area contributed by atoms with E-state index in [1.807, 2.05) is 61.5 Å². The predicted molar refractivity (Wildman–Crippen MR) is 112 cm³/mol. The van der Waals surface area contributed by atoms with Crippen LogP contribution in [0.25, 0.3) is 5.69 Å². The van der Waals surface area contributed by atoms with Gasteiger partial charge in [0.1, 0.15) is 5.69 Å². The molecule has 1 atom stereocenters. The van der Waals surface area contributed by atoms with Crippen molar-refractivity contribution in [3.63, 3.8) is 0 Å². The molecule has 7 heteroatoms. The molecule has 0 saturated heterocycles. The van der Waals surface area contributed by atoms with Gasteiger partial charge in [0.15, 0.2) is 0 Å². The standard InChI is InChI=1S/C21H23ClN4O2/c1-14(16-9-11-17(22)12-10-16)23-13-19(27)24-20-15(2)25(3)26(21(20)28)18-7-5-4-6-8-18/h4-12,14,23H,13H2,1-3H3,(H,24,27)/t14-/m0/s1. The molecule has 3 aromatic rings. The van der Waals surface area contributed by atoms with Crippen molar-refractivity contribution in [2.24, 2.45) is 7.05 Å². The van der Waals surface area contributed by atoms with E-state index in [0.717, 1.165) is 11.3 Å². The highest BCUT2D eigenvalue weighted by Gasteiger charge is 2.18. The number of para-hydroxylation sites is 1. The molecule has 0 aliphatic heterocycles. The summed E-state index contributed by atoms with van der Waals surface area (Å²) < 4.78 is 3.27. The van der Waals surface area contributed by atoms with Crippen LogP contribution in [0.3, 0.4) is 0 Å². The number of carbonyl (C=O) groups excluding carboxylic acids is 1. The van der Waals surface area contributed by atoms with Crippen molar-refractivity contribution in [3.8, 4) is 5.69 Å². The van der Waals surface area contributed by atoms with E-state index in [4.69, 9.17) is 11.6 Å². The molecule has 1 aromatic heterocycles. The second-order valence-corrected chi connectivity index (χ2v) is 7.08. The topological polar surface area (TPSA) is 68.1 Å². The molecule has 0 unspecified atom stereocenters. The van der Waals surface area contributed by atoms with Crippen molar-refractivity contribution in [1.29, 1.82) is 0 Å². The Morgan fingerprint density at radius 3 is 2.39 bits per heavy atom. The zero-order valence-corrected chi connectivity index (χ0v) is 16.8. The van der Waals surface area contributed by atoms with Gasteiger partial charge in [0.2, 0.25) is 5.91 Å². The van der Waals surface area contributed by atoms with Crippen molar-refractivity contribution in [2.45, 2.75) is 19.9 Å². The van der Waals surface area contributed by atoms with E-state index >= 15 is 0 Å². The first kappa shape index (κ1) is 19.9. The Morgan fingerprint density at radius 2 is 1.75 bits per heavy atom. The Balaban J connectivity index is 1.71. The third-order valence-electron chi connectivity index (χ3n) is 4.76. The molecule has 0 spiro atoms. The van der Waals surface area contributed by atoms with Crippen LogP contribution in [0.1, 0.15) is 24.2 Å². The number of halogens is 1. The van der Waals surface area contributed by atoms with Crippen LogP contribution in [0, 0.1) is 6.92 Å². The Hall–Kier alpha value is -2.83. The fourth-order valence-corrected chi connectivity index (χ4v) is 3.14. The quantitative estimate of drug-likeness (QED) is 0.668. The summed E-state index contributed by atoms with van der Waals surface area (Å²) >= 11 is 5.90. The van der Waals surface area contributed by atoms with Gasteiger partial charge in [-0.3, -0.25) is 14.3 Å². The third kappa shape index (κ3) is 4.18. The summed E-state index contributed by atoms with van der Waals surface area (Å²) in [5.74, 6) is -0.271. The summed E-state index contributed by atoms with van der Waals surface area (Å²) in [5, 5.41) is 6.58. The van der Waals surface area contributed by atoms with Crippen molar-refractivity contribution in [3.05, 3.63) is 81.2 Å². The number of carbonyl (C=O) groups is 1. The van der Waals surface area contributed by atoms with E-state index in [-0.39, 0.29) is 29.7 Å². The number of hydrogen-bond acceptors (Lipinski definition) is 3. The molecule has 28 heavy (non-hydrogen) atoms. The first-order valence-corrected chi connectivity index (χ1v) is 9.39. The van der Waals surface area contributed by atoms with Crippen LogP contribution in [0.4, 0.5) is 5.69 Å². The van der Waals surface area contributed by atoms with Crippen LogP contribution in [0.15, 0.2) is 59.4 Å². The molecule has 0 radical (unpaired) electrons. The molecule has 3 rings (SSSR count). The third-order valence-corrected chi connectivity index (χ3v) is 5.01. The van der Waals surface area contributed by atoms with E-state index < -0.39 is 0 Å². The lowest BCUT2D eigenvalue weighted by molar-refractivity contribution is -0.115. The van der Waals surface area contributed by atoms with Crippen LogP contribution in [0.2, 0.25) is 5.02 Å². The number of benzene rings is 2. The van der Waals surface area contributed by atoms with Crippen LogP contribution in [-0.2, 0) is 11.8 Å². The molecule has 0 bridgehead atoms. The van der Waals surface area contributed by atoms with Crippen LogP contribution < -0.4 is 16.2 Å². The Kier molecular flexibility index (Phi) is 6.02. The SMILES string of the molecule is Cc1c(NC(=O)CN[C@@H](C)c2ccc(Cl)cc2)c(=O)n(-c2ccccc2)n1C. The average molecular weight is 399 g/mol. The fourth-order valence-electron chi connectivity index (χ4n) is 3.01. The summed E-state index contributed by atoms with van der Waals surface area (Å²) in [5.41, 5.74) is 2.49. The highest BCUT2D eigenvalue weighted by molar-refractivity contribution is 6.30. The molecular formula is C21H23ClN4O2. The van der Waals surface area contributed by atoms with Gasteiger partial charge in [0.25, 0.3) is 5.56 Å². The monoisotopic (exact) mass is 398 g/mol. The van der Waals surface area contributed by atoms with E-state index in [2.05, 4.69) is 10.6 Å². The molecule has 2 N–H and O–H groups in total. The van der Waals surface area contributed by atoms with Crippen LogP contribution in [-0.4, -0.2) is 21.8 Å². The molecule has 0 aliphatic carbocycles. The van der Waals surface area contributed by atoms with Gasteiger partial charge >= 0.3 is 0 Å². The van der Waals surface area contributed by atoms with Gasteiger partial charge < -0.3 is 10.6 Å². The number of nitrogens with zero attached hydrogens (tertiary/aromatic N) is 2. The molecular weight excluding hydrogens is 376 g/mol. The molecule has 1 heterocycles. The molecule has 0 saturated carbocycles. The van der Waals surface area contributed by atoms with Gasteiger partial charge in [-0.1, -0.05) is 41.9 Å². The lowest BCUT2D eigenvalue weighted by atomic mass is 10.1. The molecule has 6 nitrogen and oxygen atoms in total. The van der Waals surface area contributed by atoms with Gasteiger partial charge in [-0.25, -0.2) is 4.68 Å². The first-order valence-electron chi connectivity index (χ1n) is 9.01. The maximum absolute atomic E-state index is 12.8. The maximum Gasteiger partial charge on any atom is 0.295 e. The summed E-state index contributed by atoms with van der Waals surface area (Å²) in [4.78, 5) is 25.2. The Bertz CT molecular complexity index is 1020. The summed E-state index contributed by atoms with van der Waals surface area (Å²) in [6.45, 7) is 3.86. The zero-order valence-electron chi connectivity index (χ0n) is 16.1. The van der Waals surface area contributed by atoms with Gasteiger partial charge in [-0.15, -0.1) is 0 Å². The number of aromatic nitrogens is 2. The van der Waals surface area contributed by atoms with Crippen LogP contribution >= 0.6 is 11.6 Å². The van der Waals surface area contributed by atoms with E-state index in [1.165, 1.54) is 4.68 Å². The summed E-state index contributed by atoms with van der Waals surface area (Å²) in [6, 6.07) is 16.7. The molecule has 0 aliphatic rings. The van der Waals surface area contributed by atoms with Crippen molar-refractivity contribution in [2.75, 3.05) is 11.9 Å². The van der Waals surface area contributed by atoms with Crippen LogP contribution in [0.5, 0.6) is 0 Å². The van der Waals surface area contributed by atoms with Crippen molar-refractivity contribution >= 4 is 23.2 Å². The number of anilines is 1. The maximum atomic E-state index is 12.8. The molecule has 146 valence electrons. The van der Waals surface area contributed by atoms with Gasteiger partial charge in [-0.2, -0.15) is 0 Å². The Morgan fingerprint density at radius 1 is 1.11 bits per heavy atom. The van der Waals surface area contributed by atoms with E-state index in [0.29, 0.717) is 10.7 Å². The fraction of sp³-hybridized carbons (Fsp3) is 0.238. The molecule has 0 fully saturated rings. The van der Waals surface area contributed by atoms with Crippen molar-refractivity contribution < 1.29 is 4.79 Å². The number of nitrogens with one attached hydrogen (secondary N) is 2. The predicted octanol–water partition coefficient (Wildman–Crippen LogP) is 3.43. The second-order valence-electron chi connectivity index (χ2n) is 6.64. The molecule has 2 aromatic carbocycles. The molecule has 1 amide bonds. The zero-order chi connectivity index (χ0) is 20.3. The number of amides is 1. The lowest BCUT2D eigenvalue weighted by Crippen LogP contribution is -2.31. The first-order chi connectivity index (χ1) is 13.4. The van der Waals surface area contributed by atoms with Crippen molar-refractivity contribution in [1.82, 2.24) is 14.7 Å². The highest BCUT2D eigenvalue weighted by atomic mass is 35.5. The van der Waals surface area contributed by atoms with Gasteiger partial charge in [0.05, 0.1) is 17.9 Å². The minimum atomic E-state index is -0.271. The summed E-state index contributed by atoms with van der Waals surface area (Å²) in [6.07, 6.45) is 0. The number of rotatable bonds is 6. The van der Waals surface area contributed by atoms with Gasteiger partial charge in [-0.05, 0) is 43.7 Å². The Labute approximate surface area is 168 Å². The van der Waals surface area contributed by atoms with E-state index in [9.17, 15) is 9.59 Å². The summed E-state index contributed by atoms with van der Waals surface area (Å²) in [7, 11) is 1.79. The van der Waals surface area contributed by atoms with Gasteiger partial charge in [0, 0.05) is 18.1 Å². The number of hydrogen-bond donors (Lipinski definition) is 2. The smallest absolute Gasteiger partial charge is 0.295 e.